The molecule has 0 fully saturated rings. The van der Waals surface area contributed by atoms with Crippen molar-refractivity contribution in [1.29, 1.82) is 0 Å². The highest BCUT2D eigenvalue weighted by molar-refractivity contribution is 6.00. The maximum absolute atomic E-state index is 12.3. The summed E-state index contributed by atoms with van der Waals surface area (Å²) in [5.74, 6) is 0.972. The van der Waals surface area contributed by atoms with Gasteiger partial charge in [-0.25, -0.2) is 0 Å². The lowest BCUT2D eigenvalue weighted by atomic mass is 10.0. The van der Waals surface area contributed by atoms with Gasteiger partial charge in [-0.2, -0.15) is 0 Å². The fourth-order valence-corrected chi connectivity index (χ4v) is 2.07. The first-order valence-corrected chi connectivity index (χ1v) is 6.78. The molecule has 0 aliphatic carbocycles. The number of nitrogens with zero attached hydrogens (tertiary/aromatic N) is 1. The lowest BCUT2D eigenvalue weighted by molar-refractivity contribution is 0.0890. The van der Waals surface area contributed by atoms with Gasteiger partial charge in [-0.3, -0.25) is 9.69 Å². The summed E-state index contributed by atoms with van der Waals surface area (Å²) in [5.41, 5.74) is 1.65. The molecule has 0 bridgehead atoms. The average Bonchev–Trinajstić information content (AvgIpc) is 2.44. The monoisotopic (exact) mass is 262 g/mol. The number of fused-ring (bicyclic) bond motifs is 1. The van der Waals surface area contributed by atoms with Gasteiger partial charge in [0.1, 0.15) is 11.9 Å². The highest BCUT2D eigenvalue weighted by atomic mass is 16.5. The summed E-state index contributed by atoms with van der Waals surface area (Å²) in [7, 11) is 3.82. The van der Waals surface area contributed by atoms with E-state index < -0.39 is 0 Å². The molecule has 1 aromatic rings. The molecule has 4 heteroatoms. The Balaban J connectivity index is 2.20. The molecule has 0 amide bonds. The van der Waals surface area contributed by atoms with E-state index in [0.29, 0.717) is 0 Å². The molecular formula is C15H22N2O2. The second-order valence-corrected chi connectivity index (χ2v) is 5.24. The van der Waals surface area contributed by atoms with Crippen LogP contribution in [0.3, 0.4) is 0 Å². The van der Waals surface area contributed by atoms with Crippen molar-refractivity contribution in [3.05, 3.63) is 23.8 Å². The highest BCUT2D eigenvalue weighted by Crippen LogP contribution is 2.31. The summed E-state index contributed by atoms with van der Waals surface area (Å²) in [4.78, 5) is 14.2. The Morgan fingerprint density at radius 1 is 1.53 bits per heavy atom. The van der Waals surface area contributed by atoms with E-state index in [1.807, 2.05) is 44.1 Å². The Labute approximate surface area is 114 Å². The standard InChI is InChI=1S/C15H22N2O2/c1-5-12-9-16-13-8-11(6-7-14(13)19-12)15(18)10(2)17(3)4/h6-8,10,12,16H,5,9H2,1-4H3. The first kappa shape index (κ1) is 13.9. The lowest BCUT2D eigenvalue weighted by Crippen LogP contribution is -2.33. The van der Waals surface area contributed by atoms with Crippen LogP contribution in [0.2, 0.25) is 0 Å². The maximum Gasteiger partial charge on any atom is 0.179 e. The van der Waals surface area contributed by atoms with E-state index in [2.05, 4.69) is 12.2 Å². The van der Waals surface area contributed by atoms with E-state index in [9.17, 15) is 4.79 Å². The number of nitrogens with one attached hydrogen (secondary N) is 1. The van der Waals surface area contributed by atoms with Gasteiger partial charge >= 0.3 is 0 Å². The van der Waals surface area contributed by atoms with Crippen molar-refractivity contribution in [2.75, 3.05) is 26.0 Å². The van der Waals surface area contributed by atoms with Gasteiger partial charge in [0.2, 0.25) is 0 Å². The van der Waals surface area contributed by atoms with Crippen molar-refractivity contribution in [2.45, 2.75) is 32.4 Å². The van der Waals surface area contributed by atoms with Crippen LogP contribution in [0, 0.1) is 0 Å². The molecule has 0 spiro atoms. The van der Waals surface area contributed by atoms with Gasteiger partial charge < -0.3 is 10.1 Å². The first-order chi connectivity index (χ1) is 9.02. The number of carbonyl (C=O) groups is 1. The lowest BCUT2D eigenvalue weighted by Gasteiger charge is -2.27. The number of carbonyl (C=O) groups excluding carboxylic acids is 1. The Bertz CT molecular complexity index is 471. The number of benzene rings is 1. The van der Waals surface area contributed by atoms with Gasteiger partial charge in [-0.05, 0) is 45.6 Å². The number of hydrogen-bond acceptors (Lipinski definition) is 4. The van der Waals surface area contributed by atoms with E-state index in [1.54, 1.807) is 0 Å². The molecule has 1 aliphatic heterocycles. The van der Waals surface area contributed by atoms with Crippen LogP contribution in [-0.2, 0) is 0 Å². The normalized spacial score (nSPS) is 19.3. The molecule has 0 saturated carbocycles. The predicted octanol–water partition coefficient (Wildman–Crippen LogP) is 2.40. The van der Waals surface area contributed by atoms with Crippen LogP contribution >= 0.6 is 0 Å². The van der Waals surface area contributed by atoms with Crippen LogP contribution in [-0.4, -0.2) is 43.5 Å². The molecule has 1 N–H and O–H groups in total. The van der Waals surface area contributed by atoms with Gasteiger partial charge in [0.25, 0.3) is 0 Å². The molecule has 2 unspecified atom stereocenters. The van der Waals surface area contributed by atoms with E-state index in [1.165, 1.54) is 0 Å². The molecule has 0 radical (unpaired) electrons. The number of ether oxygens (including phenoxy) is 1. The topological polar surface area (TPSA) is 41.6 Å². The van der Waals surface area contributed by atoms with Crippen LogP contribution < -0.4 is 10.1 Å². The summed E-state index contributed by atoms with van der Waals surface area (Å²) >= 11 is 0. The molecule has 19 heavy (non-hydrogen) atoms. The maximum atomic E-state index is 12.3. The van der Waals surface area contributed by atoms with Gasteiger partial charge in [0.05, 0.1) is 18.3 Å². The van der Waals surface area contributed by atoms with Crippen molar-refractivity contribution in [3.8, 4) is 5.75 Å². The fourth-order valence-electron chi connectivity index (χ4n) is 2.07. The Morgan fingerprint density at radius 3 is 2.89 bits per heavy atom. The van der Waals surface area contributed by atoms with Gasteiger partial charge in [0.15, 0.2) is 5.78 Å². The molecule has 1 aliphatic rings. The molecule has 2 atom stereocenters. The zero-order valence-corrected chi connectivity index (χ0v) is 12.1. The van der Waals surface area contributed by atoms with E-state index >= 15 is 0 Å². The van der Waals surface area contributed by atoms with Gasteiger partial charge in [-0.15, -0.1) is 0 Å². The third-order valence-corrected chi connectivity index (χ3v) is 3.69. The number of anilines is 1. The van der Waals surface area contributed by atoms with E-state index in [4.69, 9.17) is 4.74 Å². The average molecular weight is 262 g/mol. The summed E-state index contributed by atoms with van der Waals surface area (Å²) in [5, 5.41) is 3.34. The predicted molar refractivity (Wildman–Crippen MR) is 77.1 cm³/mol. The molecule has 4 nitrogen and oxygen atoms in total. The van der Waals surface area contributed by atoms with E-state index in [0.717, 1.165) is 30.0 Å². The number of ketones is 1. The van der Waals surface area contributed by atoms with Crippen LogP contribution in [0.15, 0.2) is 18.2 Å². The van der Waals surface area contributed by atoms with E-state index in [-0.39, 0.29) is 17.9 Å². The SMILES string of the molecule is CCC1CNc2cc(C(=O)C(C)N(C)C)ccc2O1. The third kappa shape index (κ3) is 2.89. The molecule has 1 aromatic carbocycles. The van der Waals surface area contributed by atoms with Crippen LogP contribution in [0.1, 0.15) is 30.6 Å². The minimum Gasteiger partial charge on any atom is -0.486 e. The number of likely N-dealkylation sites (N-methyl/N-ethyl adjacent to an activating group) is 1. The zero-order valence-electron chi connectivity index (χ0n) is 12.1. The minimum absolute atomic E-state index is 0.119. The Kier molecular flexibility index (Phi) is 4.10. The van der Waals surface area contributed by atoms with Crippen molar-refractivity contribution in [2.24, 2.45) is 0 Å². The minimum atomic E-state index is -0.119. The summed E-state index contributed by atoms with van der Waals surface area (Å²) < 4.78 is 5.84. The third-order valence-electron chi connectivity index (χ3n) is 3.69. The largest absolute Gasteiger partial charge is 0.486 e. The fraction of sp³-hybridized carbons (Fsp3) is 0.533. The van der Waals surface area contributed by atoms with Gasteiger partial charge in [0, 0.05) is 5.56 Å². The van der Waals surface area contributed by atoms with Gasteiger partial charge in [-0.1, -0.05) is 6.92 Å². The summed E-state index contributed by atoms with van der Waals surface area (Å²) in [6, 6.07) is 5.51. The first-order valence-electron chi connectivity index (χ1n) is 6.78. The van der Waals surface area contributed by atoms with Crippen molar-refractivity contribution >= 4 is 11.5 Å². The van der Waals surface area contributed by atoms with Crippen molar-refractivity contribution in [1.82, 2.24) is 4.90 Å². The second-order valence-electron chi connectivity index (χ2n) is 5.24. The van der Waals surface area contributed by atoms with Crippen LogP contribution in [0.5, 0.6) is 5.75 Å². The molecule has 104 valence electrons. The number of rotatable bonds is 4. The molecular weight excluding hydrogens is 240 g/mol. The smallest absolute Gasteiger partial charge is 0.179 e. The van der Waals surface area contributed by atoms with Crippen molar-refractivity contribution < 1.29 is 9.53 Å². The Hall–Kier alpha value is -1.55. The quantitative estimate of drug-likeness (QED) is 0.846. The summed E-state index contributed by atoms with van der Waals surface area (Å²) in [6.45, 7) is 4.82. The molecule has 1 heterocycles. The highest BCUT2D eigenvalue weighted by Gasteiger charge is 2.21. The molecule has 0 saturated heterocycles. The number of hydrogen-bond donors (Lipinski definition) is 1. The zero-order chi connectivity index (χ0) is 14.0. The Morgan fingerprint density at radius 2 is 2.26 bits per heavy atom. The molecule has 0 aromatic heterocycles. The molecule has 2 rings (SSSR count). The second kappa shape index (κ2) is 5.61. The van der Waals surface area contributed by atoms with Crippen molar-refractivity contribution in [3.63, 3.8) is 0 Å². The van der Waals surface area contributed by atoms with Crippen LogP contribution in [0.4, 0.5) is 5.69 Å². The van der Waals surface area contributed by atoms with Crippen LogP contribution in [0.25, 0.3) is 0 Å². The number of Topliss-reactive ketones (excluding diaryl/α,β-unsaturated/α-hetero) is 1. The summed E-state index contributed by atoms with van der Waals surface area (Å²) in [6.07, 6.45) is 1.19.